The molecule has 2 unspecified atom stereocenters. The van der Waals surface area contributed by atoms with E-state index in [1.807, 2.05) is 36.4 Å². The number of ether oxygens (including phenoxy) is 1. The van der Waals surface area contributed by atoms with Gasteiger partial charge in [0.05, 0.1) is 34.9 Å². The van der Waals surface area contributed by atoms with Crippen LogP contribution < -0.4 is 0 Å². The maximum Gasteiger partial charge on any atom is -0.282 e. The van der Waals surface area contributed by atoms with Crippen molar-refractivity contribution < 1.29 is 82.6 Å². The van der Waals surface area contributed by atoms with Gasteiger partial charge in [0.2, 0.25) is 0 Å². The smallest absolute Gasteiger partial charge is 0.282 e. The number of carbonyl (C=O) groups is 2. The van der Waals surface area contributed by atoms with Gasteiger partial charge in [-0.25, -0.2) is 4.79 Å². The standard InChI is InChI=1S/C21H28N2O2.C11H7ClN2O.C10H22O.6CHO.CH4.2BrH.2Re/c1-16(8-11-21(2,3)4)10-14-25-20(24)17-9-13-23-19(15-17)18-7-5-6-12-22-18;12-11(15)8-4-6-14-10(7-8)9-3-1-2-5-13-9;1-9(6-8-11)5-7-10(2,3)4;6*1-2;;;;;/h5-7,9,12-13,15-16H,8,10-11,14H2,1-4H3;1-7H;9,11H,5-8H2,1-4H3;6*1H;1H4;2*1H;;/q;;;6*-1;;;;2*+1/p-2. The van der Waals surface area contributed by atoms with Crippen molar-refractivity contribution in [3.63, 3.8) is 0 Å². The van der Waals surface area contributed by atoms with E-state index in [2.05, 4.69) is 143 Å². The van der Waals surface area contributed by atoms with Crippen LogP contribution in [-0.4, -0.2) is 90.2 Å². The number of aromatic nitrogens is 4. The Balaban J connectivity index is -0.000000120. The van der Waals surface area contributed by atoms with Crippen LogP contribution in [-0.2, 0) is 67.9 Å². The number of esters is 1. The summed E-state index contributed by atoms with van der Waals surface area (Å²) in [5, 5.41) is 8.17. The minimum absolute atomic E-state index is 0. The molecule has 0 spiro atoms. The van der Waals surface area contributed by atoms with Gasteiger partial charge in [0.25, 0.3) is 5.24 Å². The summed E-state index contributed by atoms with van der Waals surface area (Å²) in [4.78, 5) is 86.5. The first-order valence-corrected chi connectivity index (χ1v) is 31.7. The third kappa shape index (κ3) is 48.7. The van der Waals surface area contributed by atoms with Crippen molar-refractivity contribution in [1.29, 1.82) is 0 Å². The van der Waals surface area contributed by atoms with Gasteiger partial charge in [0.15, 0.2) is 0 Å². The van der Waals surface area contributed by atoms with E-state index in [4.69, 9.17) is 50.2 Å². The molecule has 0 saturated heterocycles. The number of hydrogen-bond acceptors (Lipinski definition) is 14. The van der Waals surface area contributed by atoms with E-state index >= 15 is 0 Å². The fourth-order valence-electron chi connectivity index (χ4n) is 4.72. The third-order valence-electron chi connectivity index (χ3n) is 8.08. The zero-order valence-electron chi connectivity index (χ0n) is 39.2. The summed E-state index contributed by atoms with van der Waals surface area (Å²) in [7, 11) is 0. The van der Waals surface area contributed by atoms with Crippen LogP contribution in [0.15, 0.2) is 85.5 Å². The predicted octanol–water partition coefficient (Wildman–Crippen LogP) is 11.2. The summed E-state index contributed by atoms with van der Waals surface area (Å²) in [5.41, 5.74) is 4.51. The normalized spacial score (nSPS) is 9.79. The van der Waals surface area contributed by atoms with Crippen LogP contribution >= 0.6 is 38.5 Å². The SMILES string of the molecule is C.CC(CCO)CCC(C)(C)C.CC(CCOC(=O)c1ccnc(-c2ccccn2)c1)CCC(C)(C)C.O=C(Cl)c1ccnc(-c2ccccn2)c1.[Br][Re].[Br][Re].[CH-]=O.[CH-]=O.[CH-]=O.[CH-]=O.[CH-]=O.[CH-]=O. The summed E-state index contributed by atoms with van der Waals surface area (Å²) in [6.07, 6.45) is 13.2. The molecule has 384 valence electrons. The quantitative estimate of drug-likeness (QED) is 0.0570. The second kappa shape index (κ2) is 57.6. The van der Waals surface area contributed by atoms with E-state index in [9.17, 15) is 9.59 Å². The van der Waals surface area contributed by atoms with Gasteiger partial charge in [-0.3, -0.25) is 65.5 Å². The van der Waals surface area contributed by atoms with Crippen molar-refractivity contribution in [3.8, 4) is 22.8 Å². The second-order valence-electron chi connectivity index (χ2n) is 15.4. The Kier molecular flexibility index (Phi) is 68.9. The molecule has 0 saturated carbocycles. The molecule has 0 amide bonds. The molecule has 19 heteroatoms. The minimum Gasteiger partial charge on any atom is -0.545 e. The van der Waals surface area contributed by atoms with Crippen molar-refractivity contribution in [2.75, 3.05) is 13.2 Å². The molecule has 0 aliphatic carbocycles. The minimum atomic E-state index is -0.491. The molecule has 4 aromatic heterocycles. The largest absolute Gasteiger partial charge is 0.545 e. The van der Waals surface area contributed by atoms with Crippen LogP contribution in [0.3, 0.4) is 0 Å². The van der Waals surface area contributed by atoms with Gasteiger partial charge in [-0.2, -0.15) is 0 Å². The third-order valence-corrected chi connectivity index (χ3v) is 8.30. The molecular weight excluding hydrogens is 1370 g/mol. The number of carbonyl (C=O) groups excluding carboxylic acids is 8. The molecule has 4 heterocycles. The topological polar surface area (TPSA) is 218 Å². The number of hydrogen-bond donors (Lipinski definition) is 1. The fourth-order valence-corrected chi connectivity index (χ4v) is 4.84. The predicted molar refractivity (Wildman–Crippen MR) is 273 cm³/mol. The Morgan fingerprint density at radius 2 is 0.912 bits per heavy atom. The average Bonchev–Trinajstić information content (AvgIpc) is 3.38. The first kappa shape index (κ1) is 81.3. The van der Waals surface area contributed by atoms with Crippen molar-refractivity contribution in [2.45, 2.75) is 101 Å². The molecule has 0 fully saturated rings. The number of aliphatic hydroxyl groups excluding tert-OH is 1. The van der Waals surface area contributed by atoms with Gasteiger partial charge >= 0.3 is 67.2 Å². The number of pyridine rings is 4. The number of aliphatic hydroxyl groups is 1. The molecule has 0 aliphatic heterocycles. The van der Waals surface area contributed by atoms with E-state index in [1.54, 1.807) is 49.1 Å². The van der Waals surface area contributed by atoms with E-state index in [0.29, 0.717) is 58.4 Å². The monoisotopic (exact) mass is 1440 g/mol. The maximum atomic E-state index is 12.3. The summed E-state index contributed by atoms with van der Waals surface area (Å²) < 4.78 is 5.43. The number of rotatable bonds is 13. The Labute approximate surface area is 446 Å². The first-order chi connectivity index (χ1) is 32.1. The van der Waals surface area contributed by atoms with Gasteiger partial charge in [0.1, 0.15) is 0 Å². The zero-order valence-corrected chi connectivity index (χ0v) is 48.5. The maximum absolute atomic E-state index is 12.3. The first-order valence-electron chi connectivity index (χ1n) is 19.5. The second-order valence-corrected chi connectivity index (χ2v) is 15.8. The van der Waals surface area contributed by atoms with Gasteiger partial charge in [0, 0.05) is 37.0 Å². The summed E-state index contributed by atoms with van der Waals surface area (Å²) in [6, 6.07) is 17.7. The average molecular weight is 1440 g/mol. The molecule has 4 rings (SSSR count). The summed E-state index contributed by atoms with van der Waals surface area (Å²) in [6.45, 7) is 38.3. The molecule has 14 nitrogen and oxygen atoms in total. The Morgan fingerprint density at radius 3 is 1.24 bits per heavy atom. The van der Waals surface area contributed by atoms with E-state index < -0.39 is 5.24 Å². The van der Waals surface area contributed by atoms with Gasteiger partial charge in [-0.05, 0) is 108 Å². The Morgan fingerprint density at radius 1 is 0.574 bits per heavy atom. The molecule has 0 aliphatic rings. The molecule has 1 N–H and O–H groups in total. The van der Waals surface area contributed by atoms with Crippen LogP contribution in [0.1, 0.15) is 122 Å². The van der Waals surface area contributed by atoms with Crippen molar-refractivity contribution >= 4 is 90.4 Å². The molecule has 0 bridgehead atoms. The van der Waals surface area contributed by atoms with Gasteiger partial charge in [-0.15, -0.1) is 0 Å². The molecular formula is C49H67Br2ClN4O10Re2-6. The summed E-state index contributed by atoms with van der Waals surface area (Å²) in [5.74, 6) is 0.926. The molecule has 0 aromatic carbocycles. The van der Waals surface area contributed by atoms with Crippen LogP contribution in [0.5, 0.6) is 0 Å². The molecule has 0 radical (unpaired) electrons. The van der Waals surface area contributed by atoms with Crippen molar-refractivity contribution in [1.82, 2.24) is 19.9 Å². The number of nitrogens with zero attached hydrogens (tertiary/aromatic N) is 4. The number of halogens is 3. The van der Waals surface area contributed by atoms with E-state index in [1.165, 1.54) is 53.6 Å². The zero-order chi connectivity index (χ0) is 53.9. The molecule has 4 aromatic rings. The van der Waals surface area contributed by atoms with Crippen molar-refractivity contribution in [2.24, 2.45) is 22.7 Å². The van der Waals surface area contributed by atoms with Gasteiger partial charge in [-0.1, -0.05) is 87.8 Å². The Bertz CT molecular complexity index is 1720. The Hall–Kier alpha value is -3.71. The molecule has 68 heavy (non-hydrogen) atoms. The van der Waals surface area contributed by atoms with E-state index in [-0.39, 0.29) is 13.4 Å². The molecule has 2 atom stereocenters. The van der Waals surface area contributed by atoms with Crippen LogP contribution in [0.4, 0.5) is 0 Å². The van der Waals surface area contributed by atoms with Gasteiger partial charge < -0.3 is 38.6 Å². The summed E-state index contributed by atoms with van der Waals surface area (Å²) >= 11 is 14.4. The fraction of sp³-hybridized carbons (Fsp3) is 0.429. The van der Waals surface area contributed by atoms with E-state index in [0.717, 1.165) is 30.7 Å². The van der Waals surface area contributed by atoms with Crippen LogP contribution in [0, 0.1) is 22.7 Å². The van der Waals surface area contributed by atoms with Crippen LogP contribution in [0.25, 0.3) is 22.8 Å². The van der Waals surface area contributed by atoms with Crippen LogP contribution in [0.2, 0.25) is 0 Å². The van der Waals surface area contributed by atoms with Crippen molar-refractivity contribution in [3.05, 3.63) is 96.6 Å².